The lowest BCUT2D eigenvalue weighted by Crippen LogP contribution is -2.41. The van der Waals surface area contributed by atoms with Crippen LogP contribution in [0.4, 0.5) is 0 Å². The van der Waals surface area contributed by atoms with Crippen molar-refractivity contribution in [1.29, 1.82) is 0 Å². The summed E-state index contributed by atoms with van der Waals surface area (Å²) in [7, 11) is -3.60. The molecule has 152 valence electrons. The summed E-state index contributed by atoms with van der Waals surface area (Å²) < 4.78 is 28.2. The van der Waals surface area contributed by atoms with Gasteiger partial charge < -0.3 is 10.6 Å². The third-order valence-electron chi connectivity index (χ3n) is 3.98. The van der Waals surface area contributed by atoms with E-state index in [4.69, 9.17) is 0 Å². The highest BCUT2D eigenvalue weighted by atomic mass is 32.2. The number of nitrogens with zero attached hydrogens (tertiary/aromatic N) is 1. The van der Waals surface area contributed by atoms with Crippen molar-refractivity contribution < 1.29 is 8.42 Å². The Balaban J connectivity index is 2.13. The van der Waals surface area contributed by atoms with Crippen LogP contribution in [-0.4, -0.2) is 44.0 Å². The van der Waals surface area contributed by atoms with E-state index in [1.54, 1.807) is 12.1 Å². The fraction of sp³-hybridized carbons (Fsp3) is 0.632. The molecular formula is C19H32N4O2S2. The van der Waals surface area contributed by atoms with Crippen LogP contribution >= 0.6 is 11.8 Å². The van der Waals surface area contributed by atoms with Crippen LogP contribution in [0.5, 0.6) is 0 Å². The Hall–Kier alpha value is -1.25. The first-order chi connectivity index (χ1) is 12.7. The number of hydrogen-bond acceptors (Lipinski definition) is 4. The first kappa shape index (κ1) is 22.0. The molecule has 8 heteroatoms. The second-order valence-electron chi connectivity index (χ2n) is 7.67. The monoisotopic (exact) mass is 412 g/mol. The van der Waals surface area contributed by atoms with Crippen molar-refractivity contribution in [3.8, 4) is 0 Å². The second-order valence-corrected chi connectivity index (χ2v) is 10.7. The molecule has 1 aliphatic rings. The van der Waals surface area contributed by atoms with Gasteiger partial charge in [-0.05, 0) is 57.9 Å². The SMILES string of the molecule is CCNC(=NCc1ccccc1S(=O)(=O)NC(C)(C)C)NCC1CCCS1. The van der Waals surface area contributed by atoms with Crippen LogP contribution in [0.2, 0.25) is 0 Å². The normalized spacial score (nSPS) is 18.5. The highest BCUT2D eigenvalue weighted by molar-refractivity contribution is 8.00. The largest absolute Gasteiger partial charge is 0.357 e. The number of benzene rings is 1. The molecule has 0 saturated carbocycles. The van der Waals surface area contributed by atoms with Crippen molar-refractivity contribution >= 4 is 27.7 Å². The molecule has 3 N–H and O–H groups in total. The quantitative estimate of drug-likeness (QED) is 0.474. The molecule has 0 bridgehead atoms. The van der Waals surface area contributed by atoms with E-state index in [9.17, 15) is 8.42 Å². The fourth-order valence-corrected chi connectivity index (χ4v) is 5.73. The topological polar surface area (TPSA) is 82.6 Å². The molecule has 0 aliphatic carbocycles. The first-order valence-corrected chi connectivity index (χ1v) is 12.0. The Labute approximate surface area is 168 Å². The van der Waals surface area contributed by atoms with Crippen molar-refractivity contribution in [3.05, 3.63) is 29.8 Å². The standard InChI is InChI=1S/C19H32N4O2S2/c1-5-20-18(22-14-16-10-8-12-26-16)21-13-15-9-6-7-11-17(15)27(24,25)23-19(2,3)4/h6-7,9,11,16,23H,5,8,10,12-14H2,1-4H3,(H2,20,21,22). The molecule has 27 heavy (non-hydrogen) atoms. The van der Waals surface area contributed by atoms with E-state index in [0.717, 1.165) is 19.0 Å². The molecule has 6 nitrogen and oxygen atoms in total. The molecular weight excluding hydrogens is 380 g/mol. The lowest BCUT2D eigenvalue weighted by molar-refractivity contribution is 0.491. The summed E-state index contributed by atoms with van der Waals surface area (Å²) in [6, 6.07) is 7.03. The number of nitrogens with one attached hydrogen (secondary N) is 3. The van der Waals surface area contributed by atoms with Crippen molar-refractivity contribution in [3.63, 3.8) is 0 Å². The molecule has 1 saturated heterocycles. The molecule has 2 rings (SSSR count). The van der Waals surface area contributed by atoms with Gasteiger partial charge in [0, 0.05) is 23.9 Å². The van der Waals surface area contributed by atoms with Gasteiger partial charge in [-0.3, -0.25) is 0 Å². The summed E-state index contributed by atoms with van der Waals surface area (Å²) in [4.78, 5) is 4.89. The van der Waals surface area contributed by atoms with Gasteiger partial charge in [-0.25, -0.2) is 18.1 Å². The molecule has 0 radical (unpaired) electrons. The van der Waals surface area contributed by atoms with Crippen LogP contribution in [0.25, 0.3) is 0 Å². The summed E-state index contributed by atoms with van der Waals surface area (Å²) >= 11 is 2.00. The smallest absolute Gasteiger partial charge is 0.241 e. The molecule has 0 amide bonds. The minimum absolute atomic E-state index is 0.283. The minimum Gasteiger partial charge on any atom is -0.357 e. The number of rotatable bonds is 7. The highest BCUT2D eigenvalue weighted by Crippen LogP contribution is 2.25. The summed E-state index contributed by atoms with van der Waals surface area (Å²) in [5, 5.41) is 7.24. The molecule has 0 aromatic heterocycles. The lowest BCUT2D eigenvalue weighted by Gasteiger charge is -2.21. The summed E-state index contributed by atoms with van der Waals surface area (Å²) in [6.45, 7) is 9.46. The van der Waals surface area contributed by atoms with E-state index in [0.29, 0.717) is 17.4 Å². The zero-order valence-corrected chi connectivity index (χ0v) is 18.3. The van der Waals surface area contributed by atoms with Crippen LogP contribution in [-0.2, 0) is 16.6 Å². The van der Waals surface area contributed by atoms with E-state index in [-0.39, 0.29) is 4.90 Å². The predicted molar refractivity (Wildman–Crippen MR) is 115 cm³/mol. The fourth-order valence-electron chi connectivity index (χ4n) is 2.88. The van der Waals surface area contributed by atoms with Gasteiger partial charge in [0.25, 0.3) is 0 Å². The van der Waals surface area contributed by atoms with E-state index in [1.807, 2.05) is 51.6 Å². The Morgan fingerprint density at radius 3 is 2.63 bits per heavy atom. The Morgan fingerprint density at radius 2 is 2.00 bits per heavy atom. The van der Waals surface area contributed by atoms with Crippen molar-refractivity contribution in [1.82, 2.24) is 15.4 Å². The van der Waals surface area contributed by atoms with Gasteiger partial charge in [0.1, 0.15) is 0 Å². The number of sulfonamides is 1. The second kappa shape index (κ2) is 9.80. The molecule has 1 aliphatic heterocycles. The Bertz CT molecular complexity index is 736. The lowest BCUT2D eigenvalue weighted by atomic mass is 10.1. The third kappa shape index (κ3) is 7.35. The van der Waals surface area contributed by atoms with Crippen molar-refractivity contribution in [2.75, 3.05) is 18.8 Å². The van der Waals surface area contributed by atoms with E-state index in [2.05, 4.69) is 20.3 Å². The van der Waals surface area contributed by atoms with E-state index in [1.165, 1.54) is 18.6 Å². The number of thioether (sulfide) groups is 1. The maximum absolute atomic E-state index is 12.7. The van der Waals surface area contributed by atoms with Gasteiger partial charge in [0.05, 0.1) is 11.4 Å². The van der Waals surface area contributed by atoms with Crippen molar-refractivity contribution in [2.45, 2.75) is 62.8 Å². The van der Waals surface area contributed by atoms with Crippen LogP contribution in [0, 0.1) is 0 Å². The van der Waals surface area contributed by atoms with Crippen LogP contribution < -0.4 is 15.4 Å². The van der Waals surface area contributed by atoms with Crippen molar-refractivity contribution in [2.24, 2.45) is 4.99 Å². The van der Waals surface area contributed by atoms with Gasteiger partial charge in [-0.1, -0.05) is 18.2 Å². The average molecular weight is 413 g/mol. The first-order valence-electron chi connectivity index (χ1n) is 9.47. The Kier molecular flexibility index (Phi) is 8.00. The maximum atomic E-state index is 12.7. The molecule has 1 fully saturated rings. The summed E-state index contributed by atoms with van der Waals surface area (Å²) in [5.74, 6) is 1.95. The zero-order chi connectivity index (χ0) is 19.9. The predicted octanol–water partition coefficient (Wildman–Crippen LogP) is 2.71. The van der Waals surface area contributed by atoms with E-state index < -0.39 is 15.6 Å². The molecule has 1 aromatic rings. The van der Waals surface area contributed by atoms with Gasteiger partial charge in [0.15, 0.2) is 5.96 Å². The minimum atomic E-state index is -3.60. The number of aliphatic imine (C=N–C) groups is 1. The van der Waals surface area contributed by atoms with Gasteiger partial charge in [-0.2, -0.15) is 11.8 Å². The summed E-state index contributed by atoms with van der Waals surface area (Å²) in [5.41, 5.74) is 0.145. The zero-order valence-electron chi connectivity index (χ0n) is 16.7. The van der Waals surface area contributed by atoms with Gasteiger partial charge >= 0.3 is 0 Å². The average Bonchev–Trinajstić information content (AvgIpc) is 3.09. The van der Waals surface area contributed by atoms with Crippen LogP contribution in [0.15, 0.2) is 34.2 Å². The van der Waals surface area contributed by atoms with Gasteiger partial charge in [0.2, 0.25) is 10.0 Å². The highest BCUT2D eigenvalue weighted by Gasteiger charge is 2.24. The Morgan fingerprint density at radius 1 is 1.26 bits per heavy atom. The number of guanidine groups is 1. The molecule has 1 atom stereocenters. The molecule has 1 aromatic carbocycles. The number of hydrogen-bond donors (Lipinski definition) is 3. The molecule has 1 heterocycles. The molecule has 1 unspecified atom stereocenters. The van der Waals surface area contributed by atoms with Gasteiger partial charge in [-0.15, -0.1) is 0 Å². The van der Waals surface area contributed by atoms with Crippen LogP contribution in [0.3, 0.4) is 0 Å². The molecule has 0 spiro atoms. The van der Waals surface area contributed by atoms with Crippen LogP contribution in [0.1, 0.15) is 46.1 Å². The summed E-state index contributed by atoms with van der Waals surface area (Å²) in [6.07, 6.45) is 2.51. The third-order valence-corrected chi connectivity index (χ3v) is 7.23. The van der Waals surface area contributed by atoms with E-state index >= 15 is 0 Å². The maximum Gasteiger partial charge on any atom is 0.241 e.